The van der Waals surface area contributed by atoms with Crippen LogP contribution in [0.2, 0.25) is 0 Å². The Labute approximate surface area is 187 Å². The second-order valence-corrected chi connectivity index (χ2v) is 8.07. The molecule has 0 atom stereocenters. The molecule has 3 aromatic carbocycles. The quantitative estimate of drug-likeness (QED) is 0.414. The van der Waals surface area contributed by atoms with E-state index in [4.69, 9.17) is 0 Å². The smallest absolute Gasteiger partial charge is 0.361 e. The lowest BCUT2D eigenvalue weighted by molar-refractivity contribution is -0.137. The van der Waals surface area contributed by atoms with Gasteiger partial charge in [-0.3, -0.25) is 9.59 Å². The Morgan fingerprint density at radius 2 is 1.61 bits per heavy atom. The molecule has 0 bridgehead atoms. The molecule has 1 aliphatic heterocycles. The number of carbonyl (C=O) groups excluding carboxylic acids is 2. The van der Waals surface area contributed by atoms with Gasteiger partial charge in [-0.1, -0.05) is 42.5 Å². The lowest BCUT2D eigenvalue weighted by Crippen LogP contribution is -2.36. The van der Waals surface area contributed by atoms with Crippen molar-refractivity contribution in [1.29, 1.82) is 0 Å². The number of amides is 1. The summed E-state index contributed by atoms with van der Waals surface area (Å²) in [4.78, 5) is 31.2. The van der Waals surface area contributed by atoms with Gasteiger partial charge in [-0.25, -0.2) is 0 Å². The van der Waals surface area contributed by atoms with Crippen LogP contribution in [-0.2, 0) is 19.1 Å². The second-order valence-electron chi connectivity index (χ2n) is 8.07. The summed E-state index contributed by atoms with van der Waals surface area (Å²) < 4.78 is 38.5. The standard InChI is InChI=1S/C26H19F3N2O2/c27-26(28,29)19-9-7-17(8-10-19)24(32)21-5-2-4-18-15-31(14-12-20(18)21)25(33)22-6-1-3-16-11-13-30-23(16)22/h1-11,13,30H,12,14-15H2. The Bertz CT molecular complexity index is 1370. The maximum absolute atomic E-state index is 13.2. The topological polar surface area (TPSA) is 53.2 Å². The van der Waals surface area contributed by atoms with Gasteiger partial charge in [0, 0.05) is 35.8 Å². The molecule has 7 heteroatoms. The van der Waals surface area contributed by atoms with Crippen molar-refractivity contribution >= 4 is 22.6 Å². The highest BCUT2D eigenvalue weighted by Gasteiger charge is 2.31. The van der Waals surface area contributed by atoms with Crippen LogP contribution in [0.15, 0.2) is 72.9 Å². The van der Waals surface area contributed by atoms with Gasteiger partial charge in [0.2, 0.25) is 0 Å². The number of rotatable bonds is 3. The largest absolute Gasteiger partial charge is 0.416 e. The van der Waals surface area contributed by atoms with Gasteiger partial charge in [0.1, 0.15) is 0 Å². The fraction of sp³-hybridized carbons (Fsp3) is 0.154. The highest BCUT2D eigenvalue weighted by atomic mass is 19.4. The minimum absolute atomic E-state index is 0.0897. The summed E-state index contributed by atoms with van der Waals surface area (Å²) in [6.07, 6.45) is -2.16. The Balaban J connectivity index is 1.41. The number of hydrogen-bond donors (Lipinski definition) is 1. The van der Waals surface area contributed by atoms with Gasteiger partial charge in [-0.15, -0.1) is 0 Å². The average Bonchev–Trinajstić information content (AvgIpc) is 3.31. The van der Waals surface area contributed by atoms with Crippen LogP contribution in [0.4, 0.5) is 13.2 Å². The van der Waals surface area contributed by atoms with Gasteiger partial charge in [0.05, 0.1) is 16.6 Å². The second kappa shape index (κ2) is 7.92. The van der Waals surface area contributed by atoms with E-state index >= 15 is 0 Å². The maximum atomic E-state index is 13.2. The Morgan fingerprint density at radius 3 is 2.36 bits per heavy atom. The summed E-state index contributed by atoms with van der Waals surface area (Å²) in [5, 5.41) is 0.961. The molecule has 4 nitrogen and oxygen atoms in total. The summed E-state index contributed by atoms with van der Waals surface area (Å²) in [5.74, 6) is -0.412. The number of aromatic nitrogens is 1. The number of carbonyl (C=O) groups is 2. The number of para-hydroxylation sites is 1. The summed E-state index contributed by atoms with van der Waals surface area (Å²) >= 11 is 0. The molecule has 0 fully saturated rings. The third-order valence-corrected chi connectivity index (χ3v) is 6.09. The molecule has 5 rings (SSSR count). The number of nitrogens with zero attached hydrogens (tertiary/aromatic N) is 1. The summed E-state index contributed by atoms with van der Waals surface area (Å²) in [7, 11) is 0. The number of benzene rings is 3. The van der Waals surface area contributed by atoms with E-state index in [1.165, 1.54) is 12.1 Å². The van der Waals surface area contributed by atoms with Gasteiger partial charge >= 0.3 is 6.18 Å². The molecule has 2 heterocycles. The zero-order valence-electron chi connectivity index (χ0n) is 17.4. The fourth-order valence-corrected chi connectivity index (χ4v) is 4.40. The predicted octanol–water partition coefficient (Wildman–Crippen LogP) is 5.62. The number of ketones is 1. The van der Waals surface area contributed by atoms with Crippen molar-refractivity contribution < 1.29 is 22.8 Å². The lowest BCUT2D eigenvalue weighted by atomic mass is 9.90. The number of fused-ring (bicyclic) bond motifs is 2. The molecule has 1 N–H and O–H groups in total. The molecule has 0 saturated carbocycles. The van der Waals surface area contributed by atoms with Crippen molar-refractivity contribution in [2.75, 3.05) is 6.54 Å². The van der Waals surface area contributed by atoms with Crippen LogP contribution >= 0.6 is 0 Å². The van der Waals surface area contributed by atoms with Crippen LogP contribution in [0.3, 0.4) is 0 Å². The van der Waals surface area contributed by atoms with Crippen LogP contribution in [0.1, 0.15) is 43.0 Å². The monoisotopic (exact) mass is 448 g/mol. The van der Waals surface area contributed by atoms with Crippen molar-refractivity contribution in [2.45, 2.75) is 19.1 Å². The molecule has 0 saturated heterocycles. The van der Waals surface area contributed by atoms with Crippen LogP contribution in [0.25, 0.3) is 10.9 Å². The highest BCUT2D eigenvalue weighted by molar-refractivity contribution is 6.10. The summed E-state index contributed by atoms with van der Waals surface area (Å²) in [6, 6.07) is 17.1. The van der Waals surface area contributed by atoms with E-state index in [9.17, 15) is 22.8 Å². The lowest BCUT2D eigenvalue weighted by Gasteiger charge is -2.30. The molecule has 0 unspecified atom stereocenters. The Hall–Kier alpha value is -3.87. The van der Waals surface area contributed by atoms with Crippen LogP contribution in [-0.4, -0.2) is 28.1 Å². The van der Waals surface area contributed by atoms with Crippen LogP contribution in [0, 0.1) is 0 Å². The fourth-order valence-electron chi connectivity index (χ4n) is 4.40. The molecule has 0 radical (unpaired) electrons. The first-order chi connectivity index (χ1) is 15.8. The zero-order valence-corrected chi connectivity index (χ0v) is 17.4. The van der Waals surface area contributed by atoms with Gasteiger partial charge < -0.3 is 9.88 Å². The minimum atomic E-state index is -4.45. The number of hydrogen-bond acceptors (Lipinski definition) is 2. The number of aromatic amines is 1. The predicted molar refractivity (Wildman–Crippen MR) is 118 cm³/mol. The Kier molecular flexibility index (Phi) is 5.04. The van der Waals surface area contributed by atoms with E-state index in [-0.39, 0.29) is 17.3 Å². The molecule has 4 aromatic rings. The number of halogens is 3. The first-order valence-electron chi connectivity index (χ1n) is 10.5. The first kappa shape index (κ1) is 21.0. The third-order valence-electron chi connectivity index (χ3n) is 6.09. The van der Waals surface area contributed by atoms with Gasteiger partial charge in [-0.05, 0) is 41.8 Å². The van der Waals surface area contributed by atoms with Crippen molar-refractivity contribution in [3.05, 3.63) is 106 Å². The zero-order chi connectivity index (χ0) is 23.2. The minimum Gasteiger partial charge on any atom is -0.361 e. The van der Waals surface area contributed by atoms with E-state index in [2.05, 4.69) is 4.98 Å². The molecule has 1 amide bonds. The van der Waals surface area contributed by atoms with Crippen molar-refractivity contribution in [2.24, 2.45) is 0 Å². The van der Waals surface area contributed by atoms with E-state index in [1.807, 2.05) is 24.3 Å². The molecule has 33 heavy (non-hydrogen) atoms. The summed E-state index contributed by atoms with van der Waals surface area (Å²) in [5.41, 5.74) is 2.97. The normalized spacial score (nSPS) is 13.7. The van der Waals surface area contributed by atoms with Gasteiger partial charge in [-0.2, -0.15) is 13.2 Å². The van der Waals surface area contributed by atoms with Gasteiger partial charge in [0.25, 0.3) is 5.91 Å². The number of alkyl halides is 3. The van der Waals surface area contributed by atoms with E-state index in [1.54, 1.807) is 29.3 Å². The highest BCUT2D eigenvalue weighted by Crippen LogP contribution is 2.31. The average molecular weight is 448 g/mol. The Morgan fingerprint density at radius 1 is 0.879 bits per heavy atom. The molecule has 166 valence electrons. The number of nitrogens with one attached hydrogen (secondary N) is 1. The molecular weight excluding hydrogens is 429 g/mol. The molecule has 0 spiro atoms. The number of H-pyrrole nitrogens is 1. The SMILES string of the molecule is O=C(c1ccc(C(F)(F)F)cc1)c1cccc2c1CCN(C(=O)c1cccc3cc[nH]c13)C2. The van der Waals surface area contributed by atoms with E-state index in [0.717, 1.165) is 34.2 Å². The van der Waals surface area contributed by atoms with Crippen LogP contribution in [0.5, 0.6) is 0 Å². The summed E-state index contributed by atoms with van der Waals surface area (Å²) in [6.45, 7) is 0.805. The van der Waals surface area contributed by atoms with E-state index < -0.39 is 11.7 Å². The van der Waals surface area contributed by atoms with Crippen LogP contribution < -0.4 is 0 Å². The maximum Gasteiger partial charge on any atom is 0.416 e. The van der Waals surface area contributed by atoms with Gasteiger partial charge in [0.15, 0.2) is 5.78 Å². The van der Waals surface area contributed by atoms with Crippen molar-refractivity contribution in [1.82, 2.24) is 9.88 Å². The molecule has 1 aliphatic rings. The first-order valence-corrected chi connectivity index (χ1v) is 10.5. The third kappa shape index (κ3) is 3.80. The molecule has 0 aliphatic carbocycles. The molecular formula is C26H19F3N2O2. The van der Waals surface area contributed by atoms with Crippen molar-refractivity contribution in [3.63, 3.8) is 0 Å². The molecule has 1 aromatic heterocycles. The van der Waals surface area contributed by atoms with Crippen molar-refractivity contribution in [3.8, 4) is 0 Å². The van der Waals surface area contributed by atoms with E-state index in [0.29, 0.717) is 30.6 Å².